The molecule has 0 radical (unpaired) electrons. The summed E-state index contributed by atoms with van der Waals surface area (Å²) in [6.07, 6.45) is 0. The predicted molar refractivity (Wildman–Crippen MR) is 98.5 cm³/mol. The molecule has 0 fully saturated rings. The number of anilines is 1. The molecule has 3 aromatic heterocycles. The van der Waals surface area contributed by atoms with Crippen molar-refractivity contribution in [2.24, 2.45) is 0 Å². The van der Waals surface area contributed by atoms with E-state index in [1.807, 2.05) is 48.5 Å². The van der Waals surface area contributed by atoms with E-state index in [0.717, 1.165) is 22.2 Å². The Kier molecular flexibility index (Phi) is 2.93. The van der Waals surface area contributed by atoms with E-state index >= 15 is 0 Å². The average molecular weight is 343 g/mol. The highest BCUT2D eigenvalue weighted by molar-refractivity contribution is 5.87. The molecule has 0 spiro atoms. The molecule has 5 aromatic rings. The van der Waals surface area contributed by atoms with Crippen LogP contribution in [0.15, 0.2) is 59.4 Å². The second-order valence-corrected chi connectivity index (χ2v) is 5.95. The fourth-order valence-electron chi connectivity index (χ4n) is 3.11. The number of rotatable bonds is 2. The maximum atomic E-state index is 12.6. The van der Waals surface area contributed by atoms with Gasteiger partial charge in [0.05, 0.1) is 16.8 Å². The highest BCUT2D eigenvalue weighted by atomic mass is 16.1. The van der Waals surface area contributed by atoms with Crippen molar-refractivity contribution < 1.29 is 0 Å². The Balaban J connectivity index is 1.79. The SMILES string of the molecule is Nc1nn2c(=O)cc(-c3ccc4[nH]nnc4c3)[nH]c2c1-c1ccccc1. The topological polar surface area (TPSA) is 118 Å². The van der Waals surface area contributed by atoms with Gasteiger partial charge in [0.25, 0.3) is 5.56 Å². The average Bonchev–Trinajstić information content (AvgIpc) is 3.25. The molecule has 3 heterocycles. The lowest BCUT2D eigenvalue weighted by atomic mass is 10.1. The van der Waals surface area contributed by atoms with Crippen LogP contribution in [0.5, 0.6) is 0 Å². The molecule has 0 atom stereocenters. The van der Waals surface area contributed by atoms with Gasteiger partial charge in [0.2, 0.25) is 0 Å². The van der Waals surface area contributed by atoms with Crippen LogP contribution in [0.4, 0.5) is 5.82 Å². The number of nitrogens with one attached hydrogen (secondary N) is 2. The Morgan fingerprint density at radius 2 is 1.85 bits per heavy atom. The number of hydrogen-bond donors (Lipinski definition) is 3. The van der Waals surface area contributed by atoms with Crippen molar-refractivity contribution in [3.05, 3.63) is 65.0 Å². The van der Waals surface area contributed by atoms with E-state index in [2.05, 4.69) is 25.5 Å². The zero-order valence-electron chi connectivity index (χ0n) is 13.5. The van der Waals surface area contributed by atoms with Gasteiger partial charge in [-0.1, -0.05) is 41.6 Å². The summed E-state index contributed by atoms with van der Waals surface area (Å²) < 4.78 is 1.29. The number of H-pyrrole nitrogens is 2. The molecule has 0 saturated heterocycles. The smallest absolute Gasteiger partial charge is 0.274 e. The molecule has 0 unspecified atom stereocenters. The molecule has 0 amide bonds. The third-order valence-corrected chi connectivity index (χ3v) is 4.34. The molecule has 126 valence electrons. The van der Waals surface area contributed by atoms with Gasteiger partial charge < -0.3 is 10.7 Å². The van der Waals surface area contributed by atoms with E-state index in [4.69, 9.17) is 5.73 Å². The van der Waals surface area contributed by atoms with Gasteiger partial charge in [-0.15, -0.1) is 10.2 Å². The Morgan fingerprint density at radius 3 is 2.69 bits per heavy atom. The lowest BCUT2D eigenvalue weighted by Crippen LogP contribution is -2.14. The fraction of sp³-hybridized carbons (Fsp3) is 0. The first-order valence-electron chi connectivity index (χ1n) is 7.99. The maximum absolute atomic E-state index is 12.6. The zero-order valence-corrected chi connectivity index (χ0v) is 13.5. The minimum Gasteiger partial charge on any atom is -0.382 e. The van der Waals surface area contributed by atoms with Crippen LogP contribution in [-0.2, 0) is 0 Å². The summed E-state index contributed by atoms with van der Waals surface area (Å²) in [6, 6.07) is 16.7. The molecular formula is C18H13N7O. The summed E-state index contributed by atoms with van der Waals surface area (Å²) in [5.74, 6) is 0.300. The molecule has 5 rings (SSSR count). The van der Waals surface area contributed by atoms with Gasteiger partial charge >= 0.3 is 0 Å². The second-order valence-electron chi connectivity index (χ2n) is 5.95. The second kappa shape index (κ2) is 5.28. The first kappa shape index (κ1) is 14.4. The van der Waals surface area contributed by atoms with E-state index in [9.17, 15) is 4.79 Å². The maximum Gasteiger partial charge on any atom is 0.274 e. The number of aromatic amines is 2. The van der Waals surface area contributed by atoms with Crippen molar-refractivity contribution in [3.63, 3.8) is 0 Å². The molecule has 8 heteroatoms. The Bertz CT molecular complexity index is 1310. The third kappa shape index (κ3) is 2.09. The van der Waals surface area contributed by atoms with Crippen LogP contribution in [0, 0.1) is 0 Å². The lowest BCUT2D eigenvalue weighted by molar-refractivity contribution is 0.906. The predicted octanol–water partition coefficient (Wildman–Crippen LogP) is 2.21. The largest absolute Gasteiger partial charge is 0.382 e. The first-order valence-corrected chi connectivity index (χ1v) is 7.99. The van der Waals surface area contributed by atoms with Crippen LogP contribution in [0.2, 0.25) is 0 Å². The zero-order chi connectivity index (χ0) is 17.7. The van der Waals surface area contributed by atoms with Gasteiger partial charge in [0, 0.05) is 11.6 Å². The van der Waals surface area contributed by atoms with Crippen molar-refractivity contribution in [1.29, 1.82) is 0 Å². The number of fused-ring (bicyclic) bond motifs is 2. The van der Waals surface area contributed by atoms with Crippen LogP contribution in [0.25, 0.3) is 39.1 Å². The first-order chi connectivity index (χ1) is 12.7. The molecule has 26 heavy (non-hydrogen) atoms. The summed E-state index contributed by atoms with van der Waals surface area (Å²) in [5, 5.41) is 14.8. The quantitative estimate of drug-likeness (QED) is 0.454. The summed E-state index contributed by atoms with van der Waals surface area (Å²) in [4.78, 5) is 15.9. The van der Waals surface area contributed by atoms with E-state index in [1.54, 1.807) is 0 Å². The molecule has 4 N–H and O–H groups in total. The van der Waals surface area contributed by atoms with Crippen LogP contribution < -0.4 is 11.3 Å². The van der Waals surface area contributed by atoms with Crippen molar-refractivity contribution >= 4 is 22.5 Å². The summed E-state index contributed by atoms with van der Waals surface area (Å²) >= 11 is 0. The van der Waals surface area contributed by atoms with Crippen molar-refractivity contribution in [2.75, 3.05) is 5.73 Å². The minimum atomic E-state index is -0.261. The van der Waals surface area contributed by atoms with Crippen LogP contribution >= 0.6 is 0 Å². The van der Waals surface area contributed by atoms with E-state index in [0.29, 0.717) is 22.7 Å². The Morgan fingerprint density at radius 1 is 1.00 bits per heavy atom. The molecule has 0 aliphatic heterocycles. The van der Waals surface area contributed by atoms with Gasteiger partial charge in [-0.2, -0.15) is 4.52 Å². The Hall–Kier alpha value is -3.94. The normalized spacial score (nSPS) is 11.4. The molecular weight excluding hydrogens is 330 g/mol. The standard InChI is InChI=1S/C18H13N7O/c19-17-16(10-4-2-1-3-5-10)18-20-13(9-15(26)25(18)23-17)11-6-7-12-14(8-11)22-24-21-12/h1-9,20H,(H2,19,23)(H,21,22,24). The molecule has 2 aromatic carbocycles. The third-order valence-electron chi connectivity index (χ3n) is 4.34. The number of benzene rings is 2. The molecule has 0 aliphatic carbocycles. The number of hydrogen-bond acceptors (Lipinski definition) is 5. The van der Waals surface area contributed by atoms with Gasteiger partial charge in [-0.25, -0.2) is 0 Å². The van der Waals surface area contributed by atoms with Crippen molar-refractivity contribution in [3.8, 4) is 22.4 Å². The van der Waals surface area contributed by atoms with E-state index in [1.165, 1.54) is 10.6 Å². The summed E-state index contributed by atoms with van der Waals surface area (Å²) in [5.41, 5.74) is 11.0. The number of nitrogens with two attached hydrogens (primary N) is 1. The molecule has 0 bridgehead atoms. The summed E-state index contributed by atoms with van der Waals surface area (Å²) in [7, 11) is 0. The fourth-order valence-corrected chi connectivity index (χ4v) is 3.11. The van der Waals surface area contributed by atoms with Crippen molar-refractivity contribution in [2.45, 2.75) is 0 Å². The highest BCUT2D eigenvalue weighted by Crippen LogP contribution is 2.29. The van der Waals surface area contributed by atoms with Gasteiger partial charge in [-0.3, -0.25) is 9.89 Å². The van der Waals surface area contributed by atoms with Gasteiger partial charge in [0.15, 0.2) is 5.82 Å². The molecule has 0 saturated carbocycles. The van der Waals surface area contributed by atoms with Gasteiger partial charge in [-0.05, 0) is 17.7 Å². The van der Waals surface area contributed by atoms with Crippen LogP contribution in [0.1, 0.15) is 0 Å². The van der Waals surface area contributed by atoms with Crippen LogP contribution in [-0.4, -0.2) is 30.0 Å². The van der Waals surface area contributed by atoms with Crippen molar-refractivity contribution in [1.82, 2.24) is 30.0 Å². The Labute approximate surface area is 146 Å². The number of nitrogen functional groups attached to an aromatic ring is 1. The monoisotopic (exact) mass is 343 g/mol. The van der Waals surface area contributed by atoms with E-state index < -0.39 is 0 Å². The number of aromatic nitrogens is 6. The molecule has 0 aliphatic rings. The van der Waals surface area contributed by atoms with Crippen LogP contribution in [0.3, 0.4) is 0 Å². The number of nitrogens with zero attached hydrogens (tertiary/aromatic N) is 4. The lowest BCUT2D eigenvalue weighted by Gasteiger charge is -2.05. The molecule has 8 nitrogen and oxygen atoms in total. The highest BCUT2D eigenvalue weighted by Gasteiger charge is 2.16. The van der Waals surface area contributed by atoms with E-state index in [-0.39, 0.29) is 5.56 Å². The summed E-state index contributed by atoms with van der Waals surface area (Å²) in [6.45, 7) is 0. The minimum absolute atomic E-state index is 0.261. The van der Waals surface area contributed by atoms with Gasteiger partial charge in [0.1, 0.15) is 11.2 Å².